The number of nitrogen functional groups attached to an aromatic ring is 1. The molecule has 0 radical (unpaired) electrons. The van der Waals surface area contributed by atoms with Gasteiger partial charge >= 0.3 is 0 Å². The fourth-order valence-electron chi connectivity index (χ4n) is 1.86. The number of aliphatic hydroxyl groups is 1. The molecule has 1 fully saturated rings. The first-order valence-corrected chi connectivity index (χ1v) is 6.86. The molecule has 2 rings (SSSR count). The highest BCUT2D eigenvalue weighted by Gasteiger charge is 2.44. The van der Waals surface area contributed by atoms with Crippen LogP contribution in [0.2, 0.25) is 0 Å². The summed E-state index contributed by atoms with van der Waals surface area (Å²) in [7, 11) is -3.78. The van der Waals surface area contributed by atoms with Gasteiger partial charge in [-0.15, -0.1) is 0 Å². The number of rotatable bonds is 2. The number of β-amino-alcohol motifs (C(OH)–C–C–N with tert-alkyl or cyclic N) is 1. The van der Waals surface area contributed by atoms with E-state index in [1.807, 2.05) is 0 Å². The van der Waals surface area contributed by atoms with Crippen LogP contribution in [-0.4, -0.2) is 36.5 Å². The van der Waals surface area contributed by atoms with Crippen LogP contribution in [0, 0.1) is 12.7 Å². The average Bonchev–Trinajstić information content (AvgIpc) is 2.21. The third-order valence-corrected chi connectivity index (χ3v) is 4.80. The van der Waals surface area contributed by atoms with E-state index in [2.05, 4.69) is 0 Å². The highest BCUT2D eigenvalue weighted by molar-refractivity contribution is 7.89. The first-order chi connectivity index (χ1) is 8.13. The number of benzene rings is 1. The lowest BCUT2D eigenvalue weighted by molar-refractivity contribution is -0.0426. The second kappa shape index (κ2) is 3.91. The summed E-state index contributed by atoms with van der Waals surface area (Å²) in [6.07, 6.45) is 0. The van der Waals surface area contributed by atoms with Gasteiger partial charge in [0.2, 0.25) is 10.0 Å². The quantitative estimate of drug-likeness (QED) is 0.768. The van der Waals surface area contributed by atoms with Crippen LogP contribution in [-0.2, 0) is 10.0 Å². The van der Waals surface area contributed by atoms with Gasteiger partial charge in [-0.1, -0.05) is 0 Å². The fraction of sp³-hybridized carbons (Fsp3) is 0.455. The minimum Gasteiger partial charge on any atom is -0.398 e. The summed E-state index contributed by atoms with van der Waals surface area (Å²) in [6.45, 7) is 3.04. The number of hydrogen-bond donors (Lipinski definition) is 2. The Balaban J connectivity index is 2.38. The SMILES string of the molecule is Cc1c(N)cc(S(=O)(=O)N2CC(C)(O)C2)cc1F. The van der Waals surface area contributed by atoms with E-state index in [0.717, 1.165) is 10.4 Å². The molecule has 1 aliphatic heterocycles. The van der Waals surface area contributed by atoms with Crippen molar-refractivity contribution in [3.63, 3.8) is 0 Å². The van der Waals surface area contributed by atoms with Gasteiger partial charge in [0.15, 0.2) is 0 Å². The van der Waals surface area contributed by atoms with Crippen LogP contribution in [0.5, 0.6) is 0 Å². The molecule has 18 heavy (non-hydrogen) atoms. The molecule has 1 heterocycles. The van der Waals surface area contributed by atoms with Crippen molar-refractivity contribution in [3.8, 4) is 0 Å². The normalized spacial score (nSPS) is 19.6. The van der Waals surface area contributed by atoms with Gasteiger partial charge in [0.1, 0.15) is 5.82 Å². The van der Waals surface area contributed by atoms with Crippen LogP contribution in [0.3, 0.4) is 0 Å². The largest absolute Gasteiger partial charge is 0.398 e. The predicted molar refractivity (Wildman–Crippen MR) is 64.9 cm³/mol. The topological polar surface area (TPSA) is 83.6 Å². The van der Waals surface area contributed by atoms with Gasteiger partial charge in [-0.25, -0.2) is 12.8 Å². The van der Waals surface area contributed by atoms with E-state index in [0.29, 0.717) is 0 Å². The van der Waals surface area contributed by atoms with E-state index in [-0.39, 0.29) is 29.2 Å². The zero-order chi connectivity index (χ0) is 13.7. The van der Waals surface area contributed by atoms with Gasteiger partial charge in [-0.2, -0.15) is 4.31 Å². The molecule has 0 aromatic heterocycles. The van der Waals surface area contributed by atoms with Gasteiger partial charge in [0, 0.05) is 24.3 Å². The number of halogens is 1. The zero-order valence-electron chi connectivity index (χ0n) is 10.1. The maximum absolute atomic E-state index is 13.5. The number of anilines is 1. The molecule has 0 aliphatic carbocycles. The van der Waals surface area contributed by atoms with Crippen molar-refractivity contribution in [2.75, 3.05) is 18.8 Å². The second-order valence-electron chi connectivity index (χ2n) is 4.89. The molecular formula is C11H15FN2O3S. The molecule has 5 nitrogen and oxygen atoms in total. The molecule has 1 aliphatic rings. The van der Waals surface area contributed by atoms with Crippen LogP contribution in [0.15, 0.2) is 17.0 Å². The summed E-state index contributed by atoms with van der Waals surface area (Å²) in [5.74, 6) is -0.652. The maximum atomic E-state index is 13.5. The van der Waals surface area contributed by atoms with E-state index >= 15 is 0 Å². The van der Waals surface area contributed by atoms with E-state index in [1.165, 1.54) is 13.0 Å². The second-order valence-corrected chi connectivity index (χ2v) is 6.83. The third kappa shape index (κ3) is 2.09. The first-order valence-electron chi connectivity index (χ1n) is 5.42. The predicted octanol–water partition coefficient (Wildman–Crippen LogP) is 0.472. The molecule has 0 amide bonds. The molecule has 0 bridgehead atoms. The molecule has 0 spiro atoms. The molecule has 1 aromatic rings. The molecule has 7 heteroatoms. The van der Waals surface area contributed by atoms with Crippen molar-refractivity contribution in [1.29, 1.82) is 0 Å². The van der Waals surface area contributed by atoms with E-state index < -0.39 is 21.4 Å². The molecule has 1 saturated heterocycles. The Kier molecular flexibility index (Phi) is 2.88. The maximum Gasteiger partial charge on any atom is 0.243 e. The smallest absolute Gasteiger partial charge is 0.243 e. The Morgan fingerprint density at radius 3 is 2.44 bits per heavy atom. The fourth-order valence-corrected chi connectivity index (χ4v) is 3.58. The summed E-state index contributed by atoms with van der Waals surface area (Å²) in [5.41, 5.74) is 4.87. The van der Waals surface area contributed by atoms with Gasteiger partial charge in [0.25, 0.3) is 0 Å². The van der Waals surface area contributed by atoms with Crippen molar-refractivity contribution >= 4 is 15.7 Å². The Labute approximate surface area is 105 Å². The molecule has 100 valence electrons. The van der Waals surface area contributed by atoms with Crippen molar-refractivity contribution in [1.82, 2.24) is 4.31 Å². The van der Waals surface area contributed by atoms with Crippen molar-refractivity contribution in [2.24, 2.45) is 0 Å². The van der Waals surface area contributed by atoms with Gasteiger partial charge in [-0.05, 0) is 26.0 Å². The number of hydrogen-bond acceptors (Lipinski definition) is 4. The van der Waals surface area contributed by atoms with Crippen molar-refractivity contribution in [3.05, 3.63) is 23.5 Å². The van der Waals surface area contributed by atoms with Crippen LogP contribution in [0.1, 0.15) is 12.5 Å². The Morgan fingerprint density at radius 2 is 2.00 bits per heavy atom. The molecule has 0 atom stereocenters. The minimum absolute atomic E-state index is 0.00470. The van der Waals surface area contributed by atoms with Crippen molar-refractivity contribution in [2.45, 2.75) is 24.3 Å². The monoisotopic (exact) mass is 274 g/mol. The molecular weight excluding hydrogens is 259 g/mol. The summed E-state index contributed by atoms with van der Waals surface area (Å²) < 4.78 is 38.8. The van der Waals surface area contributed by atoms with Crippen LogP contribution in [0.25, 0.3) is 0 Å². The lowest BCUT2D eigenvalue weighted by Crippen LogP contribution is -2.61. The lowest BCUT2D eigenvalue weighted by atomic mass is 10.0. The Morgan fingerprint density at radius 1 is 1.44 bits per heavy atom. The van der Waals surface area contributed by atoms with Crippen molar-refractivity contribution < 1.29 is 17.9 Å². The highest BCUT2D eigenvalue weighted by atomic mass is 32.2. The summed E-state index contributed by atoms with van der Waals surface area (Å²) in [5, 5.41) is 9.54. The molecule has 3 N–H and O–H groups in total. The molecule has 1 aromatic carbocycles. The number of sulfonamides is 1. The number of nitrogens with two attached hydrogens (primary N) is 1. The van der Waals surface area contributed by atoms with Gasteiger partial charge in [-0.3, -0.25) is 0 Å². The molecule has 0 saturated carbocycles. The van der Waals surface area contributed by atoms with Crippen LogP contribution >= 0.6 is 0 Å². The zero-order valence-corrected chi connectivity index (χ0v) is 11.0. The summed E-state index contributed by atoms with van der Waals surface area (Å²) in [6, 6.07) is 2.19. The Bertz CT molecular complexity index is 567. The highest BCUT2D eigenvalue weighted by Crippen LogP contribution is 2.29. The Hall–Kier alpha value is -1.18. The number of nitrogens with zero attached hydrogens (tertiary/aromatic N) is 1. The van der Waals surface area contributed by atoms with Gasteiger partial charge in [0.05, 0.1) is 10.5 Å². The minimum atomic E-state index is -3.78. The summed E-state index contributed by atoms with van der Waals surface area (Å²) in [4.78, 5) is -0.182. The average molecular weight is 274 g/mol. The van der Waals surface area contributed by atoms with Crippen LogP contribution < -0.4 is 5.73 Å². The third-order valence-electron chi connectivity index (χ3n) is 3.03. The molecule has 0 unspecified atom stereocenters. The van der Waals surface area contributed by atoms with Gasteiger partial charge < -0.3 is 10.8 Å². The first kappa shape index (κ1) is 13.3. The van der Waals surface area contributed by atoms with E-state index in [1.54, 1.807) is 6.92 Å². The summed E-state index contributed by atoms with van der Waals surface area (Å²) >= 11 is 0. The van der Waals surface area contributed by atoms with E-state index in [4.69, 9.17) is 5.73 Å². The van der Waals surface area contributed by atoms with Crippen LogP contribution in [0.4, 0.5) is 10.1 Å². The standard InChI is InChI=1S/C11H15FN2O3S/c1-7-9(12)3-8(4-10(7)13)18(16,17)14-5-11(2,15)6-14/h3-4,15H,5-6,13H2,1-2H3. The lowest BCUT2D eigenvalue weighted by Gasteiger charge is -2.42. The van der Waals surface area contributed by atoms with E-state index in [9.17, 15) is 17.9 Å².